The minimum Gasteiger partial charge on any atom is -0.490 e. The molecule has 1 unspecified atom stereocenters. The molecule has 1 aromatic carbocycles. The molecule has 4 heteroatoms. The summed E-state index contributed by atoms with van der Waals surface area (Å²) in [5.74, 6) is 0.316. The maximum atomic E-state index is 12.2. The molecule has 0 radical (unpaired) electrons. The highest BCUT2D eigenvalue weighted by atomic mass is 16.6. The average Bonchev–Trinajstić information content (AvgIpc) is 2.50. The summed E-state index contributed by atoms with van der Waals surface area (Å²) in [4.78, 5) is 12.2. The van der Waals surface area contributed by atoms with E-state index in [9.17, 15) is 4.79 Å². The first-order valence-corrected chi connectivity index (χ1v) is 7.87. The molecule has 114 valence electrons. The first kappa shape index (κ1) is 14.4. The lowest BCUT2D eigenvalue weighted by molar-refractivity contribution is -0.0302. The van der Waals surface area contributed by atoms with E-state index in [1.54, 1.807) is 6.07 Å². The van der Waals surface area contributed by atoms with E-state index in [-0.39, 0.29) is 18.2 Å². The van der Waals surface area contributed by atoms with Crippen LogP contribution in [0.2, 0.25) is 0 Å². The number of esters is 1. The van der Waals surface area contributed by atoms with E-state index in [1.807, 2.05) is 18.2 Å². The van der Waals surface area contributed by atoms with Crippen LogP contribution in [0.3, 0.4) is 0 Å². The highest BCUT2D eigenvalue weighted by Gasteiger charge is 2.23. The van der Waals surface area contributed by atoms with Gasteiger partial charge in [0.1, 0.15) is 17.9 Å². The summed E-state index contributed by atoms with van der Waals surface area (Å²) in [5, 5.41) is 0. The molecule has 0 aromatic heterocycles. The third kappa shape index (κ3) is 3.76. The fourth-order valence-corrected chi connectivity index (χ4v) is 2.59. The highest BCUT2D eigenvalue weighted by molar-refractivity contribution is 5.92. The molecule has 1 aliphatic carbocycles. The van der Waals surface area contributed by atoms with Gasteiger partial charge < -0.3 is 14.2 Å². The monoisotopic (exact) mass is 290 g/mol. The van der Waals surface area contributed by atoms with Gasteiger partial charge in [0, 0.05) is 6.61 Å². The van der Waals surface area contributed by atoms with Crippen LogP contribution in [0.1, 0.15) is 48.9 Å². The molecule has 3 rings (SSSR count). The van der Waals surface area contributed by atoms with Gasteiger partial charge in [0.05, 0.1) is 12.2 Å². The summed E-state index contributed by atoms with van der Waals surface area (Å²) >= 11 is 0. The Bertz CT molecular complexity index is 475. The zero-order valence-electron chi connectivity index (χ0n) is 12.3. The van der Waals surface area contributed by atoms with Crippen molar-refractivity contribution in [1.82, 2.24) is 0 Å². The molecule has 2 aliphatic rings. The Morgan fingerprint density at radius 3 is 2.71 bits per heavy atom. The van der Waals surface area contributed by atoms with Crippen molar-refractivity contribution >= 4 is 5.97 Å². The number of rotatable bonds is 5. The van der Waals surface area contributed by atoms with Gasteiger partial charge in [0.15, 0.2) is 0 Å². The number of ether oxygens (including phenoxy) is 3. The number of carbonyl (C=O) groups is 1. The molecule has 1 aliphatic heterocycles. The van der Waals surface area contributed by atoms with E-state index >= 15 is 0 Å². The second-order valence-electron chi connectivity index (χ2n) is 5.75. The zero-order valence-corrected chi connectivity index (χ0v) is 12.3. The minimum absolute atomic E-state index is 0.0439. The van der Waals surface area contributed by atoms with Gasteiger partial charge in [0.25, 0.3) is 0 Å². The molecule has 21 heavy (non-hydrogen) atoms. The van der Waals surface area contributed by atoms with Crippen molar-refractivity contribution in [3.05, 3.63) is 29.8 Å². The van der Waals surface area contributed by atoms with E-state index in [1.165, 1.54) is 6.42 Å². The SMILES string of the molecule is O=C(OCC1CCCCO1)c1ccccc1OC1CCC1. The zero-order chi connectivity index (χ0) is 14.5. The third-order valence-electron chi connectivity index (χ3n) is 4.13. The fourth-order valence-electron chi connectivity index (χ4n) is 2.59. The van der Waals surface area contributed by atoms with Crippen LogP contribution >= 0.6 is 0 Å². The lowest BCUT2D eigenvalue weighted by atomic mass is 9.96. The topological polar surface area (TPSA) is 44.8 Å². The quantitative estimate of drug-likeness (QED) is 0.780. The van der Waals surface area contributed by atoms with Crippen LogP contribution in [-0.2, 0) is 9.47 Å². The molecule has 0 amide bonds. The standard InChI is InChI=1S/C17H22O4/c18-17(20-12-14-6-3-4-11-19-14)15-9-1-2-10-16(15)21-13-7-5-8-13/h1-2,9-10,13-14H,3-8,11-12H2. The molecular weight excluding hydrogens is 268 g/mol. The minimum atomic E-state index is -0.320. The summed E-state index contributed by atoms with van der Waals surface area (Å²) in [6, 6.07) is 7.32. The van der Waals surface area contributed by atoms with Gasteiger partial charge in [-0.3, -0.25) is 0 Å². The number of hydrogen-bond donors (Lipinski definition) is 0. The van der Waals surface area contributed by atoms with Crippen molar-refractivity contribution in [1.29, 1.82) is 0 Å². The van der Waals surface area contributed by atoms with Crippen LogP contribution in [0.15, 0.2) is 24.3 Å². The summed E-state index contributed by atoms with van der Waals surface area (Å²) in [5.41, 5.74) is 0.514. The van der Waals surface area contributed by atoms with Crippen LogP contribution in [0.5, 0.6) is 5.75 Å². The summed E-state index contributed by atoms with van der Waals surface area (Å²) < 4.78 is 16.8. The van der Waals surface area contributed by atoms with E-state index in [0.29, 0.717) is 17.9 Å². The molecule has 1 saturated heterocycles. The van der Waals surface area contributed by atoms with Crippen molar-refractivity contribution in [2.75, 3.05) is 13.2 Å². The second-order valence-corrected chi connectivity index (χ2v) is 5.75. The first-order valence-electron chi connectivity index (χ1n) is 7.87. The van der Waals surface area contributed by atoms with Crippen molar-refractivity contribution in [3.63, 3.8) is 0 Å². The molecule has 0 bridgehead atoms. The lowest BCUT2D eigenvalue weighted by Gasteiger charge is -2.27. The third-order valence-corrected chi connectivity index (χ3v) is 4.13. The maximum Gasteiger partial charge on any atom is 0.342 e. The molecule has 2 fully saturated rings. The number of benzene rings is 1. The molecule has 0 N–H and O–H groups in total. The molecule has 0 spiro atoms. The Kier molecular flexibility index (Phi) is 4.76. The van der Waals surface area contributed by atoms with Crippen LogP contribution in [0.25, 0.3) is 0 Å². The predicted octanol–water partition coefficient (Wildman–Crippen LogP) is 3.34. The predicted molar refractivity (Wildman–Crippen MR) is 78.6 cm³/mol. The van der Waals surface area contributed by atoms with Crippen molar-refractivity contribution < 1.29 is 19.0 Å². The largest absolute Gasteiger partial charge is 0.490 e. The smallest absolute Gasteiger partial charge is 0.342 e. The van der Waals surface area contributed by atoms with Crippen molar-refractivity contribution in [2.45, 2.75) is 50.7 Å². The molecule has 1 heterocycles. The lowest BCUT2D eigenvalue weighted by Crippen LogP contribution is -2.27. The summed E-state index contributed by atoms with van der Waals surface area (Å²) in [6.45, 7) is 1.10. The normalized spacial score (nSPS) is 22.4. The van der Waals surface area contributed by atoms with E-state index in [0.717, 1.165) is 38.7 Å². The first-order chi connectivity index (χ1) is 10.3. The van der Waals surface area contributed by atoms with Crippen LogP contribution in [-0.4, -0.2) is 31.4 Å². The Balaban J connectivity index is 1.57. The Hall–Kier alpha value is -1.55. The van der Waals surface area contributed by atoms with Gasteiger partial charge >= 0.3 is 5.97 Å². The summed E-state index contributed by atoms with van der Waals surface area (Å²) in [7, 11) is 0. The van der Waals surface area contributed by atoms with Crippen LogP contribution in [0, 0.1) is 0 Å². The van der Waals surface area contributed by atoms with E-state index in [2.05, 4.69) is 0 Å². The van der Waals surface area contributed by atoms with Crippen molar-refractivity contribution in [3.8, 4) is 5.75 Å². The van der Waals surface area contributed by atoms with Crippen LogP contribution in [0.4, 0.5) is 0 Å². The number of hydrogen-bond acceptors (Lipinski definition) is 4. The molecule has 4 nitrogen and oxygen atoms in total. The fraction of sp³-hybridized carbons (Fsp3) is 0.588. The van der Waals surface area contributed by atoms with Gasteiger partial charge in [0.2, 0.25) is 0 Å². The Morgan fingerprint density at radius 1 is 1.14 bits per heavy atom. The molecular formula is C17H22O4. The molecule has 1 saturated carbocycles. The maximum absolute atomic E-state index is 12.2. The number of carbonyl (C=O) groups excluding carboxylic acids is 1. The summed E-state index contributed by atoms with van der Waals surface area (Å²) in [6.07, 6.45) is 6.84. The average molecular weight is 290 g/mol. The van der Waals surface area contributed by atoms with Gasteiger partial charge in [-0.1, -0.05) is 12.1 Å². The van der Waals surface area contributed by atoms with E-state index in [4.69, 9.17) is 14.2 Å². The highest BCUT2D eigenvalue weighted by Crippen LogP contribution is 2.28. The second kappa shape index (κ2) is 6.94. The Labute approximate surface area is 125 Å². The van der Waals surface area contributed by atoms with E-state index < -0.39 is 0 Å². The van der Waals surface area contributed by atoms with Gasteiger partial charge in [-0.15, -0.1) is 0 Å². The van der Waals surface area contributed by atoms with Gasteiger partial charge in [-0.05, 0) is 50.7 Å². The van der Waals surface area contributed by atoms with Gasteiger partial charge in [-0.25, -0.2) is 4.79 Å². The van der Waals surface area contributed by atoms with Crippen LogP contribution < -0.4 is 4.74 Å². The molecule has 1 atom stereocenters. The van der Waals surface area contributed by atoms with Gasteiger partial charge in [-0.2, -0.15) is 0 Å². The number of para-hydroxylation sites is 1. The Morgan fingerprint density at radius 2 is 2.00 bits per heavy atom. The molecule has 1 aromatic rings. The van der Waals surface area contributed by atoms with Crippen molar-refractivity contribution in [2.24, 2.45) is 0 Å².